The first kappa shape index (κ1) is 16.2. The Kier molecular flexibility index (Phi) is 4.08. The molecule has 0 saturated carbocycles. The number of nitrogens with one attached hydrogen (secondary N) is 1. The van der Waals surface area contributed by atoms with Gasteiger partial charge in [-0.2, -0.15) is 5.10 Å². The Morgan fingerprint density at radius 1 is 1.04 bits per heavy atom. The predicted octanol–water partition coefficient (Wildman–Crippen LogP) is 4.29. The molecule has 3 heterocycles. The van der Waals surface area contributed by atoms with Crippen LogP contribution in [0.4, 0.5) is 11.6 Å². The van der Waals surface area contributed by atoms with Gasteiger partial charge in [-0.1, -0.05) is 32.0 Å². The van der Waals surface area contributed by atoms with Crippen LogP contribution in [0.5, 0.6) is 0 Å². The molecular weight excluding hydrogens is 324 g/mol. The molecule has 0 atom stereocenters. The molecule has 6 nitrogen and oxygen atoms in total. The minimum Gasteiger partial charge on any atom is -0.325 e. The van der Waals surface area contributed by atoms with Crippen LogP contribution in [-0.4, -0.2) is 24.7 Å². The standard InChI is InChI=1S/C20H20N6/c1-13(2)16-6-4-5-14-10-22-19(9-17(14)16)24-18-7-8-21-20(25-18)15-11-23-26(3)12-15/h4-13H,1-3H3,(H,21,22,24,25). The fourth-order valence-electron chi connectivity index (χ4n) is 3.00. The Bertz CT molecular complexity index is 1070. The van der Waals surface area contributed by atoms with Gasteiger partial charge in [0.15, 0.2) is 5.82 Å². The van der Waals surface area contributed by atoms with E-state index in [1.165, 1.54) is 10.9 Å². The van der Waals surface area contributed by atoms with Crippen LogP contribution in [0.1, 0.15) is 25.3 Å². The molecule has 0 amide bonds. The van der Waals surface area contributed by atoms with E-state index >= 15 is 0 Å². The lowest BCUT2D eigenvalue weighted by Crippen LogP contribution is -1.99. The van der Waals surface area contributed by atoms with Crippen LogP contribution in [0.3, 0.4) is 0 Å². The monoisotopic (exact) mass is 344 g/mol. The van der Waals surface area contributed by atoms with E-state index in [0.717, 1.165) is 16.8 Å². The minimum atomic E-state index is 0.449. The highest BCUT2D eigenvalue weighted by molar-refractivity contribution is 5.88. The highest BCUT2D eigenvalue weighted by atomic mass is 15.2. The number of hydrogen-bond acceptors (Lipinski definition) is 5. The van der Waals surface area contributed by atoms with Crippen LogP contribution in [0.15, 0.2) is 55.1 Å². The summed E-state index contributed by atoms with van der Waals surface area (Å²) in [5.74, 6) is 2.55. The molecule has 0 fully saturated rings. The average molecular weight is 344 g/mol. The van der Waals surface area contributed by atoms with Gasteiger partial charge in [0.25, 0.3) is 0 Å². The van der Waals surface area contributed by atoms with Gasteiger partial charge in [0, 0.05) is 31.0 Å². The van der Waals surface area contributed by atoms with Crippen LogP contribution in [-0.2, 0) is 7.05 Å². The van der Waals surface area contributed by atoms with Crippen molar-refractivity contribution in [3.63, 3.8) is 0 Å². The second-order valence-corrected chi connectivity index (χ2v) is 6.59. The number of aromatic nitrogens is 5. The van der Waals surface area contributed by atoms with E-state index in [0.29, 0.717) is 17.6 Å². The van der Waals surface area contributed by atoms with Crippen molar-refractivity contribution in [2.24, 2.45) is 7.05 Å². The smallest absolute Gasteiger partial charge is 0.164 e. The molecule has 26 heavy (non-hydrogen) atoms. The zero-order chi connectivity index (χ0) is 18.1. The molecule has 4 rings (SSSR count). The maximum Gasteiger partial charge on any atom is 0.164 e. The summed E-state index contributed by atoms with van der Waals surface area (Å²) in [5, 5.41) is 9.81. The predicted molar refractivity (Wildman–Crippen MR) is 103 cm³/mol. The number of benzene rings is 1. The summed E-state index contributed by atoms with van der Waals surface area (Å²) >= 11 is 0. The van der Waals surface area contributed by atoms with Crippen molar-refractivity contribution in [3.05, 3.63) is 60.7 Å². The number of hydrogen-bond donors (Lipinski definition) is 1. The molecule has 3 aromatic heterocycles. The third-order valence-corrected chi connectivity index (χ3v) is 4.29. The van der Waals surface area contributed by atoms with Crippen LogP contribution in [0.2, 0.25) is 0 Å². The molecule has 0 aliphatic heterocycles. The number of pyridine rings is 1. The molecule has 1 aromatic carbocycles. The molecule has 0 radical (unpaired) electrons. The summed E-state index contributed by atoms with van der Waals surface area (Å²) < 4.78 is 1.73. The Hall–Kier alpha value is -3.28. The van der Waals surface area contributed by atoms with Crippen molar-refractivity contribution in [1.29, 1.82) is 0 Å². The van der Waals surface area contributed by atoms with E-state index in [9.17, 15) is 0 Å². The number of nitrogens with zero attached hydrogens (tertiary/aromatic N) is 5. The zero-order valence-electron chi connectivity index (χ0n) is 15.0. The van der Waals surface area contributed by atoms with Gasteiger partial charge in [0.05, 0.1) is 11.8 Å². The SMILES string of the molecule is CC(C)c1cccc2cnc(Nc3ccnc(-c4cnn(C)c4)n3)cc12. The lowest BCUT2D eigenvalue weighted by atomic mass is 9.97. The van der Waals surface area contributed by atoms with Crippen molar-refractivity contribution in [1.82, 2.24) is 24.7 Å². The van der Waals surface area contributed by atoms with Gasteiger partial charge in [-0.05, 0) is 29.0 Å². The highest BCUT2D eigenvalue weighted by Gasteiger charge is 2.08. The van der Waals surface area contributed by atoms with Crippen LogP contribution < -0.4 is 5.32 Å². The third-order valence-electron chi connectivity index (χ3n) is 4.29. The molecule has 130 valence electrons. The van der Waals surface area contributed by atoms with Crippen molar-refractivity contribution in [3.8, 4) is 11.4 Å². The first-order valence-electron chi connectivity index (χ1n) is 8.58. The summed E-state index contributed by atoms with van der Waals surface area (Å²) in [4.78, 5) is 13.4. The molecule has 0 aliphatic rings. The molecular formula is C20H20N6. The van der Waals surface area contributed by atoms with Gasteiger partial charge in [-0.15, -0.1) is 0 Å². The second kappa shape index (κ2) is 6.55. The maximum atomic E-state index is 4.57. The summed E-state index contributed by atoms with van der Waals surface area (Å²) in [6.45, 7) is 4.40. The zero-order valence-corrected chi connectivity index (χ0v) is 15.0. The molecule has 0 saturated heterocycles. The molecule has 0 aliphatic carbocycles. The van der Waals surface area contributed by atoms with E-state index in [2.05, 4.69) is 63.5 Å². The molecule has 0 unspecified atom stereocenters. The maximum absolute atomic E-state index is 4.57. The Morgan fingerprint density at radius 3 is 2.69 bits per heavy atom. The normalized spacial score (nSPS) is 11.2. The summed E-state index contributed by atoms with van der Waals surface area (Å²) in [6.07, 6.45) is 7.27. The van der Waals surface area contributed by atoms with Gasteiger partial charge in [-0.3, -0.25) is 4.68 Å². The van der Waals surface area contributed by atoms with Gasteiger partial charge in [-0.25, -0.2) is 15.0 Å². The van der Waals surface area contributed by atoms with Gasteiger partial charge in [0.1, 0.15) is 11.6 Å². The van der Waals surface area contributed by atoms with Crippen molar-refractivity contribution in [2.75, 3.05) is 5.32 Å². The minimum absolute atomic E-state index is 0.449. The summed E-state index contributed by atoms with van der Waals surface area (Å²) in [7, 11) is 1.87. The Balaban J connectivity index is 1.68. The van der Waals surface area contributed by atoms with Crippen molar-refractivity contribution >= 4 is 22.4 Å². The van der Waals surface area contributed by atoms with Crippen LogP contribution in [0, 0.1) is 0 Å². The fraction of sp³-hybridized carbons (Fsp3) is 0.200. The van der Waals surface area contributed by atoms with Crippen LogP contribution >= 0.6 is 0 Å². The van der Waals surface area contributed by atoms with E-state index in [1.54, 1.807) is 17.1 Å². The summed E-state index contributed by atoms with van der Waals surface area (Å²) in [5.41, 5.74) is 2.19. The molecule has 4 aromatic rings. The second-order valence-electron chi connectivity index (χ2n) is 6.59. The number of fused-ring (bicyclic) bond motifs is 1. The van der Waals surface area contributed by atoms with E-state index in [-0.39, 0.29) is 0 Å². The van der Waals surface area contributed by atoms with Gasteiger partial charge < -0.3 is 5.32 Å². The average Bonchev–Trinajstić information content (AvgIpc) is 3.08. The third kappa shape index (κ3) is 3.13. The van der Waals surface area contributed by atoms with E-state index in [4.69, 9.17) is 0 Å². The molecule has 0 bridgehead atoms. The van der Waals surface area contributed by atoms with Crippen molar-refractivity contribution in [2.45, 2.75) is 19.8 Å². The number of rotatable bonds is 4. The Morgan fingerprint density at radius 2 is 1.92 bits per heavy atom. The lowest BCUT2D eigenvalue weighted by molar-refractivity contribution is 0.768. The Labute approximate surface area is 152 Å². The lowest BCUT2D eigenvalue weighted by Gasteiger charge is -2.12. The fourth-order valence-corrected chi connectivity index (χ4v) is 3.00. The summed E-state index contributed by atoms with van der Waals surface area (Å²) in [6, 6.07) is 10.2. The largest absolute Gasteiger partial charge is 0.325 e. The van der Waals surface area contributed by atoms with E-state index in [1.807, 2.05) is 25.5 Å². The first-order chi connectivity index (χ1) is 12.6. The number of anilines is 2. The molecule has 6 heteroatoms. The van der Waals surface area contributed by atoms with E-state index < -0.39 is 0 Å². The van der Waals surface area contributed by atoms with Gasteiger partial charge in [0.2, 0.25) is 0 Å². The van der Waals surface area contributed by atoms with Gasteiger partial charge >= 0.3 is 0 Å². The topological polar surface area (TPSA) is 68.5 Å². The van der Waals surface area contributed by atoms with Crippen molar-refractivity contribution < 1.29 is 0 Å². The molecule has 0 spiro atoms. The molecule has 1 N–H and O–H groups in total. The highest BCUT2D eigenvalue weighted by Crippen LogP contribution is 2.27. The number of aryl methyl sites for hydroxylation is 1. The quantitative estimate of drug-likeness (QED) is 0.598. The first-order valence-corrected chi connectivity index (χ1v) is 8.58. The van der Waals surface area contributed by atoms with Crippen LogP contribution in [0.25, 0.3) is 22.2 Å².